The fourth-order valence-corrected chi connectivity index (χ4v) is 7.21. The first-order chi connectivity index (χ1) is 24.4. The van der Waals surface area contributed by atoms with Gasteiger partial charge in [0.15, 0.2) is 0 Å². The molecule has 0 unspecified atom stereocenters. The van der Waals surface area contributed by atoms with Crippen molar-refractivity contribution in [1.82, 2.24) is 0 Å². The molecule has 0 aliphatic rings. The predicted octanol–water partition coefficient (Wildman–Crippen LogP) is 15.6. The van der Waals surface area contributed by atoms with Crippen molar-refractivity contribution in [3.05, 3.63) is 129 Å². The summed E-state index contributed by atoms with van der Waals surface area (Å²) in [7, 11) is 11.0. The Bertz CT molecular complexity index is 1870. The van der Waals surface area contributed by atoms with Crippen LogP contribution in [0, 0.1) is 27.7 Å². The molecule has 274 valence electrons. The second kappa shape index (κ2) is 19.4. The van der Waals surface area contributed by atoms with Gasteiger partial charge in [-0.05, 0) is 62.5 Å². The van der Waals surface area contributed by atoms with Crippen LogP contribution in [0.25, 0.3) is 43.8 Å². The SMILES string of the molecule is CCc1cc2c(-c3cc(C)cc(C)c3)c(C(C)(C)C)ccc2[cH-]1.CCc1cc2c(-c3cc(C)cc(C)c3)c(C(C)(C)C)ccc2[cH-]1.C[Si]C.[Cl][Zr+2][Cl]. The topological polar surface area (TPSA) is 0 Å². The third-order valence-electron chi connectivity index (χ3n) is 9.35. The van der Waals surface area contributed by atoms with Crippen molar-refractivity contribution in [3.63, 3.8) is 0 Å². The van der Waals surface area contributed by atoms with E-state index in [0.29, 0.717) is 0 Å². The van der Waals surface area contributed by atoms with Crippen LogP contribution in [-0.2, 0) is 44.5 Å². The second-order valence-electron chi connectivity index (χ2n) is 16.2. The minimum atomic E-state index is -0.826. The normalized spacial score (nSPS) is 11.2. The molecule has 0 atom stereocenters. The molecule has 0 aromatic heterocycles. The molecule has 6 aromatic carbocycles. The molecular formula is C48H60Cl2SiZr. The summed E-state index contributed by atoms with van der Waals surface area (Å²) in [6.45, 7) is 31.4. The minimum absolute atomic E-state index is 0.130. The Morgan fingerprint density at radius 1 is 0.538 bits per heavy atom. The van der Waals surface area contributed by atoms with Crippen molar-refractivity contribution >= 4 is 48.1 Å². The molecule has 0 fully saturated rings. The zero-order valence-corrected chi connectivity index (χ0v) is 39.2. The van der Waals surface area contributed by atoms with Crippen molar-refractivity contribution in [2.45, 2.75) is 120 Å². The van der Waals surface area contributed by atoms with Gasteiger partial charge < -0.3 is 0 Å². The standard InChI is InChI=1S/2C23H27.C2H6Si.2ClH.Zr/c2*1-7-17-13-18-8-9-21(23(4,5)6)22(20(18)14-17)19-11-15(2)10-16(3)12-19;1-3-2;;;/h2*8-14H,7H2,1-6H3;1-2H3;2*1H;/q2*-1;;;;+4/p-2. The maximum absolute atomic E-state index is 4.93. The van der Waals surface area contributed by atoms with E-state index >= 15 is 0 Å². The molecular weight excluding hydrogens is 767 g/mol. The predicted molar refractivity (Wildman–Crippen MR) is 234 cm³/mol. The number of rotatable bonds is 4. The van der Waals surface area contributed by atoms with E-state index in [2.05, 4.69) is 181 Å². The number of benzene rings is 4. The molecule has 2 radical (unpaired) electrons. The molecule has 0 saturated heterocycles. The van der Waals surface area contributed by atoms with Gasteiger partial charge in [0, 0.05) is 9.52 Å². The molecule has 0 bridgehead atoms. The van der Waals surface area contributed by atoms with Gasteiger partial charge >= 0.3 is 37.9 Å². The van der Waals surface area contributed by atoms with Crippen molar-refractivity contribution < 1.29 is 20.8 Å². The van der Waals surface area contributed by atoms with Gasteiger partial charge in [-0.2, -0.15) is 12.1 Å². The van der Waals surface area contributed by atoms with Gasteiger partial charge in [-0.25, -0.2) is 0 Å². The van der Waals surface area contributed by atoms with Gasteiger partial charge in [0.05, 0.1) is 0 Å². The Labute approximate surface area is 338 Å². The Balaban J connectivity index is 0.000000244. The molecule has 0 N–H and O–H groups in total. The summed E-state index contributed by atoms with van der Waals surface area (Å²) in [5, 5.41) is 5.53. The van der Waals surface area contributed by atoms with E-state index in [4.69, 9.17) is 17.0 Å². The van der Waals surface area contributed by atoms with Gasteiger partial charge in [-0.3, -0.25) is 0 Å². The Kier molecular flexibility index (Phi) is 16.5. The zero-order chi connectivity index (χ0) is 39.0. The fraction of sp³-hybridized carbons (Fsp3) is 0.375. The summed E-state index contributed by atoms with van der Waals surface area (Å²) in [6.07, 6.45) is 2.18. The van der Waals surface area contributed by atoms with E-state index in [9.17, 15) is 0 Å². The van der Waals surface area contributed by atoms with E-state index in [0.717, 1.165) is 22.4 Å². The van der Waals surface area contributed by atoms with Crippen LogP contribution < -0.4 is 0 Å². The number of hydrogen-bond donors (Lipinski definition) is 0. The summed E-state index contributed by atoms with van der Waals surface area (Å²) in [5.41, 5.74) is 16.9. The van der Waals surface area contributed by atoms with Gasteiger partial charge in [0.2, 0.25) is 0 Å². The van der Waals surface area contributed by atoms with Crippen LogP contribution >= 0.6 is 17.0 Å². The third kappa shape index (κ3) is 11.4. The fourth-order valence-electron chi connectivity index (χ4n) is 7.21. The van der Waals surface area contributed by atoms with Crippen LogP contribution in [0.15, 0.2) is 84.9 Å². The maximum atomic E-state index is 4.93. The summed E-state index contributed by atoms with van der Waals surface area (Å²) < 4.78 is 0. The van der Waals surface area contributed by atoms with Crippen LogP contribution in [0.5, 0.6) is 0 Å². The number of halogens is 2. The van der Waals surface area contributed by atoms with Crippen molar-refractivity contribution in [1.29, 1.82) is 0 Å². The van der Waals surface area contributed by atoms with Crippen molar-refractivity contribution in [3.8, 4) is 22.3 Å². The monoisotopic (exact) mass is 824 g/mol. The molecule has 0 heterocycles. The summed E-state index contributed by atoms with van der Waals surface area (Å²) in [6, 6.07) is 32.5. The van der Waals surface area contributed by atoms with Gasteiger partial charge in [-0.1, -0.05) is 149 Å². The number of hydrogen-bond acceptors (Lipinski definition) is 0. The van der Waals surface area contributed by atoms with Crippen LogP contribution in [0.3, 0.4) is 0 Å². The molecule has 6 rings (SSSR count). The van der Waals surface area contributed by atoms with E-state index < -0.39 is 20.8 Å². The average Bonchev–Trinajstić information content (AvgIpc) is 3.67. The van der Waals surface area contributed by atoms with E-state index in [1.807, 2.05) is 0 Å². The Hall–Kier alpha value is -2.22. The molecule has 4 heteroatoms. The first-order valence-electron chi connectivity index (χ1n) is 18.6. The molecule has 6 aromatic rings. The van der Waals surface area contributed by atoms with Gasteiger partial charge in [-0.15, -0.1) is 69.1 Å². The number of aryl methyl sites for hydroxylation is 6. The molecule has 0 amide bonds. The molecule has 52 heavy (non-hydrogen) atoms. The second-order valence-corrected chi connectivity index (χ2v) is 21.0. The third-order valence-corrected chi connectivity index (χ3v) is 9.35. The number of fused-ring (bicyclic) bond motifs is 2. The quantitative estimate of drug-likeness (QED) is 0.123. The van der Waals surface area contributed by atoms with Crippen LogP contribution in [0.4, 0.5) is 0 Å². The first kappa shape index (κ1) is 44.2. The summed E-state index contributed by atoms with van der Waals surface area (Å²) in [4.78, 5) is 0. The molecule has 0 saturated carbocycles. The van der Waals surface area contributed by atoms with Crippen LogP contribution in [0.2, 0.25) is 13.1 Å². The zero-order valence-electron chi connectivity index (χ0n) is 34.3. The molecule has 0 aliphatic carbocycles. The summed E-state index contributed by atoms with van der Waals surface area (Å²) in [5.74, 6) is 0. The first-order valence-corrected chi connectivity index (χ1v) is 26.9. The molecule has 0 aliphatic heterocycles. The van der Waals surface area contributed by atoms with E-state index in [1.54, 1.807) is 0 Å². The van der Waals surface area contributed by atoms with Crippen molar-refractivity contribution in [2.24, 2.45) is 0 Å². The van der Waals surface area contributed by atoms with Gasteiger partial charge in [0.25, 0.3) is 0 Å². The van der Waals surface area contributed by atoms with Crippen LogP contribution in [0.1, 0.15) is 99.9 Å². The van der Waals surface area contributed by atoms with Gasteiger partial charge in [0.1, 0.15) is 0 Å². The Morgan fingerprint density at radius 2 is 0.827 bits per heavy atom. The molecule has 0 spiro atoms. The average molecular weight is 827 g/mol. The van der Waals surface area contributed by atoms with Crippen molar-refractivity contribution in [2.75, 3.05) is 0 Å². The van der Waals surface area contributed by atoms with E-state index in [1.165, 1.54) is 88.3 Å². The van der Waals surface area contributed by atoms with E-state index in [-0.39, 0.29) is 10.8 Å². The summed E-state index contributed by atoms with van der Waals surface area (Å²) >= 11 is -0.826. The van der Waals surface area contributed by atoms with Crippen LogP contribution in [-0.4, -0.2) is 9.52 Å². The Morgan fingerprint density at radius 3 is 1.08 bits per heavy atom. The molecule has 0 nitrogen and oxygen atoms in total.